The standard InChI is InChI=1S/C18H18N2O2/c1-4-13(3)10-14(5-2)18(21)20-16-8-6-15(7-9-16)17-11-19-12-22-17/h5-12H,2-4H2,1H3,(H,20,21)/b14-10+. The van der Waals surface area contributed by atoms with E-state index in [2.05, 4.69) is 23.5 Å². The number of carbonyl (C=O) groups excluding carboxylic acids is 1. The summed E-state index contributed by atoms with van der Waals surface area (Å²) in [6, 6.07) is 7.34. The van der Waals surface area contributed by atoms with Gasteiger partial charge in [0.2, 0.25) is 0 Å². The molecule has 22 heavy (non-hydrogen) atoms. The van der Waals surface area contributed by atoms with Gasteiger partial charge in [0.25, 0.3) is 5.91 Å². The van der Waals surface area contributed by atoms with Gasteiger partial charge in [-0.05, 0) is 36.8 Å². The first-order valence-electron chi connectivity index (χ1n) is 6.96. The number of amides is 1. The third-order valence-electron chi connectivity index (χ3n) is 3.16. The highest BCUT2D eigenvalue weighted by atomic mass is 16.3. The Morgan fingerprint density at radius 2 is 2.09 bits per heavy atom. The lowest BCUT2D eigenvalue weighted by molar-refractivity contribution is -0.112. The van der Waals surface area contributed by atoms with Crippen LogP contribution in [0.2, 0.25) is 0 Å². The fraction of sp³-hybridized carbons (Fsp3) is 0.111. The maximum absolute atomic E-state index is 12.2. The van der Waals surface area contributed by atoms with Crippen molar-refractivity contribution < 1.29 is 9.21 Å². The van der Waals surface area contributed by atoms with E-state index in [0.29, 0.717) is 17.0 Å². The first kappa shape index (κ1) is 15.5. The third-order valence-corrected chi connectivity index (χ3v) is 3.16. The molecule has 0 saturated carbocycles. The number of allylic oxidation sites excluding steroid dienone is 2. The van der Waals surface area contributed by atoms with Crippen molar-refractivity contribution >= 4 is 11.6 Å². The molecule has 1 amide bonds. The van der Waals surface area contributed by atoms with Gasteiger partial charge in [-0.3, -0.25) is 4.79 Å². The van der Waals surface area contributed by atoms with Gasteiger partial charge in [0, 0.05) is 16.8 Å². The zero-order valence-corrected chi connectivity index (χ0v) is 12.5. The first-order chi connectivity index (χ1) is 10.6. The molecular weight excluding hydrogens is 276 g/mol. The molecule has 1 N–H and O–H groups in total. The van der Waals surface area contributed by atoms with E-state index in [-0.39, 0.29) is 5.91 Å². The molecular formula is C18H18N2O2. The zero-order chi connectivity index (χ0) is 15.9. The van der Waals surface area contributed by atoms with E-state index in [9.17, 15) is 4.79 Å². The summed E-state index contributed by atoms with van der Waals surface area (Å²) < 4.78 is 5.22. The van der Waals surface area contributed by atoms with Gasteiger partial charge >= 0.3 is 0 Å². The Kier molecular flexibility index (Phi) is 5.09. The van der Waals surface area contributed by atoms with Crippen molar-refractivity contribution in [2.45, 2.75) is 13.3 Å². The molecule has 1 heterocycles. The number of hydrogen-bond acceptors (Lipinski definition) is 3. The number of anilines is 1. The van der Waals surface area contributed by atoms with Gasteiger partial charge in [0.15, 0.2) is 12.2 Å². The Bertz CT molecular complexity index is 695. The largest absolute Gasteiger partial charge is 0.444 e. The molecule has 112 valence electrons. The molecule has 4 nitrogen and oxygen atoms in total. The number of nitrogens with zero attached hydrogens (tertiary/aromatic N) is 1. The van der Waals surface area contributed by atoms with Crippen LogP contribution in [0.1, 0.15) is 13.3 Å². The quantitative estimate of drug-likeness (QED) is 0.636. The molecule has 0 aliphatic heterocycles. The van der Waals surface area contributed by atoms with Crippen LogP contribution in [0.15, 0.2) is 77.7 Å². The topological polar surface area (TPSA) is 55.1 Å². The van der Waals surface area contributed by atoms with Gasteiger partial charge in [0.1, 0.15) is 0 Å². The molecule has 0 unspecified atom stereocenters. The highest BCUT2D eigenvalue weighted by Crippen LogP contribution is 2.21. The molecule has 1 aromatic heterocycles. The molecule has 0 atom stereocenters. The van der Waals surface area contributed by atoms with Crippen LogP contribution in [0.4, 0.5) is 5.69 Å². The minimum absolute atomic E-state index is 0.211. The smallest absolute Gasteiger partial charge is 0.255 e. The zero-order valence-electron chi connectivity index (χ0n) is 12.5. The van der Waals surface area contributed by atoms with Crippen molar-refractivity contribution in [2.75, 3.05) is 5.32 Å². The van der Waals surface area contributed by atoms with E-state index >= 15 is 0 Å². The number of benzene rings is 1. The molecule has 2 rings (SSSR count). The van der Waals surface area contributed by atoms with Gasteiger partial charge in [-0.2, -0.15) is 0 Å². The Balaban J connectivity index is 2.10. The third kappa shape index (κ3) is 3.82. The fourth-order valence-electron chi connectivity index (χ4n) is 1.82. The van der Waals surface area contributed by atoms with Crippen LogP contribution < -0.4 is 5.32 Å². The van der Waals surface area contributed by atoms with E-state index < -0.39 is 0 Å². The molecule has 0 spiro atoms. The van der Waals surface area contributed by atoms with Gasteiger partial charge in [-0.1, -0.05) is 31.7 Å². The minimum Gasteiger partial charge on any atom is -0.444 e. The van der Waals surface area contributed by atoms with E-state index in [1.807, 2.05) is 31.2 Å². The Labute approximate surface area is 129 Å². The van der Waals surface area contributed by atoms with Crippen LogP contribution in [0.3, 0.4) is 0 Å². The van der Waals surface area contributed by atoms with Gasteiger partial charge in [-0.25, -0.2) is 4.98 Å². The summed E-state index contributed by atoms with van der Waals surface area (Å²) in [6.45, 7) is 9.53. The molecule has 0 bridgehead atoms. The molecule has 0 aliphatic carbocycles. The summed E-state index contributed by atoms with van der Waals surface area (Å²) >= 11 is 0. The lowest BCUT2D eigenvalue weighted by Crippen LogP contribution is -2.13. The highest BCUT2D eigenvalue weighted by molar-refractivity contribution is 6.06. The van der Waals surface area contributed by atoms with Gasteiger partial charge in [0.05, 0.1) is 6.20 Å². The van der Waals surface area contributed by atoms with E-state index in [4.69, 9.17) is 4.42 Å². The molecule has 4 heteroatoms. The average molecular weight is 294 g/mol. The van der Waals surface area contributed by atoms with Crippen LogP contribution in [0.5, 0.6) is 0 Å². The molecule has 0 aliphatic rings. The second-order valence-corrected chi connectivity index (χ2v) is 4.71. The number of nitrogens with one attached hydrogen (secondary N) is 1. The van der Waals surface area contributed by atoms with Crippen molar-refractivity contribution in [1.29, 1.82) is 0 Å². The van der Waals surface area contributed by atoms with Gasteiger partial charge in [-0.15, -0.1) is 0 Å². The summed E-state index contributed by atoms with van der Waals surface area (Å²) in [7, 11) is 0. The predicted molar refractivity (Wildman–Crippen MR) is 88.3 cm³/mol. The molecule has 0 radical (unpaired) electrons. The minimum atomic E-state index is -0.211. The van der Waals surface area contributed by atoms with Crippen molar-refractivity contribution in [2.24, 2.45) is 0 Å². The SMILES string of the molecule is C=C/C(=C\C(=C)CC)C(=O)Nc1ccc(-c2cnco2)cc1. The maximum atomic E-state index is 12.2. The average Bonchev–Trinajstić information content (AvgIpc) is 3.07. The number of rotatable bonds is 6. The lowest BCUT2D eigenvalue weighted by Gasteiger charge is -2.07. The summed E-state index contributed by atoms with van der Waals surface area (Å²) in [4.78, 5) is 16.1. The second kappa shape index (κ2) is 7.22. The monoisotopic (exact) mass is 294 g/mol. The summed E-state index contributed by atoms with van der Waals surface area (Å²) in [5.41, 5.74) is 2.97. The van der Waals surface area contributed by atoms with Crippen LogP contribution in [-0.2, 0) is 4.79 Å². The van der Waals surface area contributed by atoms with Crippen molar-refractivity contribution in [3.8, 4) is 11.3 Å². The summed E-state index contributed by atoms with van der Waals surface area (Å²) in [5.74, 6) is 0.473. The summed E-state index contributed by atoms with van der Waals surface area (Å²) in [6.07, 6.45) is 7.08. The normalized spacial score (nSPS) is 11.0. The first-order valence-corrected chi connectivity index (χ1v) is 6.96. The van der Waals surface area contributed by atoms with Crippen LogP contribution in [-0.4, -0.2) is 10.9 Å². The van der Waals surface area contributed by atoms with E-state index in [1.54, 1.807) is 12.3 Å². The van der Waals surface area contributed by atoms with Crippen LogP contribution >= 0.6 is 0 Å². The van der Waals surface area contributed by atoms with Gasteiger partial charge < -0.3 is 9.73 Å². The van der Waals surface area contributed by atoms with E-state index in [0.717, 1.165) is 17.6 Å². The Morgan fingerprint density at radius 1 is 1.36 bits per heavy atom. The molecule has 0 saturated heterocycles. The van der Waals surface area contributed by atoms with Crippen molar-refractivity contribution in [3.05, 3.63) is 73.3 Å². The fourth-order valence-corrected chi connectivity index (χ4v) is 1.82. The number of aromatic nitrogens is 1. The maximum Gasteiger partial charge on any atom is 0.255 e. The van der Waals surface area contributed by atoms with Crippen molar-refractivity contribution in [1.82, 2.24) is 4.98 Å². The number of oxazole rings is 1. The lowest BCUT2D eigenvalue weighted by atomic mass is 10.1. The summed E-state index contributed by atoms with van der Waals surface area (Å²) in [5, 5.41) is 2.83. The predicted octanol–water partition coefficient (Wildman–Crippen LogP) is 4.36. The number of hydrogen-bond donors (Lipinski definition) is 1. The number of carbonyl (C=O) groups is 1. The molecule has 2 aromatic rings. The Hall–Kier alpha value is -2.88. The molecule has 1 aromatic carbocycles. The van der Waals surface area contributed by atoms with Crippen LogP contribution in [0.25, 0.3) is 11.3 Å². The second-order valence-electron chi connectivity index (χ2n) is 4.71. The highest BCUT2D eigenvalue weighted by Gasteiger charge is 2.07. The van der Waals surface area contributed by atoms with E-state index in [1.165, 1.54) is 12.5 Å². The molecule has 0 fully saturated rings. The van der Waals surface area contributed by atoms with Crippen molar-refractivity contribution in [3.63, 3.8) is 0 Å². The van der Waals surface area contributed by atoms with Crippen LogP contribution in [0, 0.1) is 0 Å². The Morgan fingerprint density at radius 3 is 2.64 bits per heavy atom.